The van der Waals surface area contributed by atoms with Crippen LogP contribution in [-0.2, 0) is 4.79 Å². The molecule has 0 rings (SSSR count). The molecule has 0 heterocycles. The van der Waals surface area contributed by atoms with Crippen LogP contribution in [0.1, 0.15) is 33.6 Å². The highest BCUT2D eigenvalue weighted by Crippen LogP contribution is 2.14. The van der Waals surface area contributed by atoms with Gasteiger partial charge in [0, 0.05) is 12.1 Å². The average molecular weight is 228 g/mol. The van der Waals surface area contributed by atoms with Crippen LogP contribution in [0.3, 0.4) is 0 Å². The van der Waals surface area contributed by atoms with Gasteiger partial charge in [0.1, 0.15) is 0 Å². The van der Waals surface area contributed by atoms with E-state index in [1.54, 1.807) is 13.0 Å². The summed E-state index contributed by atoms with van der Waals surface area (Å²) in [5, 5.41) is 15.3. The summed E-state index contributed by atoms with van der Waals surface area (Å²) < 4.78 is 0. The zero-order chi connectivity index (χ0) is 12.6. The monoisotopic (exact) mass is 228 g/mol. The molecular formula is C12H24N2O2. The van der Waals surface area contributed by atoms with Crippen molar-refractivity contribution in [1.82, 2.24) is 10.6 Å². The zero-order valence-corrected chi connectivity index (χ0v) is 10.5. The summed E-state index contributed by atoms with van der Waals surface area (Å²) in [6.45, 7) is 9.85. The molecule has 0 aromatic rings. The third-order valence-corrected chi connectivity index (χ3v) is 2.99. The molecule has 3 N–H and O–H groups in total. The standard InChI is InChI=1S/C12H24N2O2/c1-5-8-13-11(16)10(4)14-12(6-2,7-3)9-15/h5,10,14-15H,1,6-9H2,2-4H3,(H,13,16). The number of hydrogen-bond acceptors (Lipinski definition) is 3. The molecule has 1 unspecified atom stereocenters. The van der Waals surface area contributed by atoms with E-state index in [0.717, 1.165) is 12.8 Å². The van der Waals surface area contributed by atoms with Gasteiger partial charge in [-0.3, -0.25) is 10.1 Å². The van der Waals surface area contributed by atoms with Gasteiger partial charge in [0.25, 0.3) is 0 Å². The lowest BCUT2D eigenvalue weighted by molar-refractivity contribution is -0.123. The summed E-state index contributed by atoms with van der Waals surface area (Å²) in [7, 11) is 0. The van der Waals surface area contributed by atoms with Gasteiger partial charge in [0.15, 0.2) is 0 Å². The molecule has 0 saturated carbocycles. The van der Waals surface area contributed by atoms with Crippen molar-refractivity contribution in [1.29, 1.82) is 0 Å². The lowest BCUT2D eigenvalue weighted by atomic mass is 9.93. The molecular weight excluding hydrogens is 204 g/mol. The first kappa shape index (κ1) is 15.1. The van der Waals surface area contributed by atoms with Crippen molar-refractivity contribution in [2.75, 3.05) is 13.2 Å². The molecule has 16 heavy (non-hydrogen) atoms. The Bertz CT molecular complexity index is 217. The van der Waals surface area contributed by atoms with Crippen molar-refractivity contribution in [3.63, 3.8) is 0 Å². The minimum Gasteiger partial charge on any atom is -0.394 e. The summed E-state index contributed by atoms with van der Waals surface area (Å²) in [6, 6.07) is -0.313. The Morgan fingerprint density at radius 2 is 2.06 bits per heavy atom. The van der Waals surface area contributed by atoms with Crippen molar-refractivity contribution < 1.29 is 9.90 Å². The highest BCUT2D eigenvalue weighted by molar-refractivity contribution is 5.81. The van der Waals surface area contributed by atoms with Crippen LogP contribution >= 0.6 is 0 Å². The van der Waals surface area contributed by atoms with E-state index in [2.05, 4.69) is 17.2 Å². The van der Waals surface area contributed by atoms with Gasteiger partial charge in [0.05, 0.1) is 12.6 Å². The number of hydrogen-bond donors (Lipinski definition) is 3. The lowest BCUT2D eigenvalue weighted by Gasteiger charge is -2.33. The second-order valence-corrected chi connectivity index (χ2v) is 4.05. The van der Waals surface area contributed by atoms with Gasteiger partial charge in [0.2, 0.25) is 5.91 Å². The van der Waals surface area contributed by atoms with Gasteiger partial charge in [-0.05, 0) is 19.8 Å². The highest BCUT2D eigenvalue weighted by atomic mass is 16.3. The van der Waals surface area contributed by atoms with Gasteiger partial charge in [-0.25, -0.2) is 0 Å². The Hall–Kier alpha value is -0.870. The first-order chi connectivity index (χ1) is 7.55. The summed E-state index contributed by atoms with van der Waals surface area (Å²) >= 11 is 0. The lowest BCUT2D eigenvalue weighted by Crippen LogP contribution is -2.56. The number of amides is 1. The van der Waals surface area contributed by atoms with Gasteiger partial charge in [-0.15, -0.1) is 6.58 Å². The molecule has 0 aliphatic carbocycles. The molecule has 0 aliphatic rings. The SMILES string of the molecule is C=CCNC(=O)C(C)NC(CC)(CC)CO. The van der Waals surface area contributed by atoms with Crippen LogP contribution in [0, 0.1) is 0 Å². The van der Waals surface area contributed by atoms with Crippen LogP contribution in [0.15, 0.2) is 12.7 Å². The molecule has 0 saturated heterocycles. The number of carbonyl (C=O) groups excluding carboxylic acids is 1. The Kier molecular flexibility index (Phi) is 7.01. The molecule has 4 heteroatoms. The second-order valence-electron chi connectivity index (χ2n) is 4.05. The van der Waals surface area contributed by atoms with Gasteiger partial charge in [-0.2, -0.15) is 0 Å². The first-order valence-corrected chi connectivity index (χ1v) is 5.82. The Morgan fingerprint density at radius 1 is 1.50 bits per heavy atom. The van der Waals surface area contributed by atoms with E-state index < -0.39 is 0 Å². The van der Waals surface area contributed by atoms with Crippen molar-refractivity contribution in [3.8, 4) is 0 Å². The summed E-state index contributed by atoms with van der Waals surface area (Å²) in [5.74, 6) is -0.0698. The van der Waals surface area contributed by atoms with E-state index in [0.29, 0.717) is 6.54 Å². The normalized spacial score (nSPS) is 13.2. The van der Waals surface area contributed by atoms with Crippen LogP contribution in [0.25, 0.3) is 0 Å². The number of aliphatic hydroxyl groups is 1. The molecule has 1 amide bonds. The molecule has 94 valence electrons. The van der Waals surface area contributed by atoms with Crippen LogP contribution < -0.4 is 10.6 Å². The van der Waals surface area contributed by atoms with Crippen LogP contribution in [0.2, 0.25) is 0 Å². The van der Waals surface area contributed by atoms with E-state index in [4.69, 9.17) is 0 Å². The zero-order valence-electron chi connectivity index (χ0n) is 10.5. The van der Waals surface area contributed by atoms with E-state index in [1.807, 2.05) is 13.8 Å². The quantitative estimate of drug-likeness (QED) is 0.539. The fourth-order valence-electron chi connectivity index (χ4n) is 1.57. The van der Waals surface area contributed by atoms with E-state index >= 15 is 0 Å². The molecule has 0 aromatic carbocycles. The Labute approximate surface area is 98.1 Å². The maximum atomic E-state index is 11.6. The Balaban J connectivity index is 4.33. The highest BCUT2D eigenvalue weighted by Gasteiger charge is 2.28. The van der Waals surface area contributed by atoms with Gasteiger partial charge < -0.3 is 10.4 Å². The van der Waals surface area contributed by atoms with Crippen LogP contribution in [0.4, 0.5) is 0 Å². The molecule has 0 aliphatic heterocycles. The predicted octanol–water partition coefficient (Wildman–Crippen LogP) is 0.818. The summed E-state index contributed by atoms with van der Waals surface area (Å²) in [5.41, 5.74) is -0.356. The van der Waals surface area contributed by atoms with Crippen molar-refractivity contribution >= 4 is 5.91 Å². The molecule has 0 bridgehead atoms. The molecule has 0 radical (unpaired) electrons. The van der Waals surface area contributed by atoms with Crippen LogP contribution in [0.5, 0.6) is 0 Å². The average Bonchev–Trinajstić information content (AvgIpc) is 2.32. The molecule has 0 aromatic heterocycles. The van der Waals surface area contributed by atoms with Gasteiger partial charge in [-0.1, -0.05) is 19.9 Å². The first-order valence-electron chi connectivity index (χ1n) is 5.82. The number of rotatable bonds is 8. The fourth-order valence-corrected chi connectivity index (χ4v) is 1.57. The minimum absolute atomic E-state index is 0.0408. The third kappa shape index (κ3) is 4.33. The number of aliphatic hydroxyl groups excluding tert-OH is 1. The fraction of sp³-hybridized carbons (Fsp3) is 0.750. The third-order valence-electron chi connectivity index (χ3n) is 2.99. The molecule has 4 nitrogen and oxygen atoms in total. The van der Waals surface area contributed by atoms with Gasteiger partial charge >= 0.3 is 0 Å². The van der Waals surface area contributed by atoms with E-state index in [-0.39, 0.29) is 24.1 Å². The van der Waals surface area contributed by atoms with Crippen molar-refractivity contribution in [3.05, 3.63) is 12.7 Å². The molecule has 0 spiro atoms. The predicted molar refractivity (Wildman–Crippen MR) is 66.2 cm³/mol. The molecule has 0 fully saturated rings. The number of nitrogens with one attached hydrogen (secondary N) is 2. The van der Waals surface area contributed by atoms with E-state index in [1.165, 1.54) is 0 Å². The second kappa shape index (κ2) is 7.41. The van der Waals surface area contributed by atoms with Crippen molar-refractivity contribution in [2.24, 2.45) is 0 Å². The minimum atomic E-state index is -0.356. The number of carbonyl (C=O) groups is 1. The summed E-state index contributed by atoms with van der Waals surface area (Å²) in [6.07, 6.45) is 3.22. The smallest absolute Gasteiger partial charge is 0.237 e. The maximum absolute atomic E-state index is 11.6. The summed E-state index contributed by atoms with van der Waals surface area (Å²) in [4.78, 5) is 11.6. The maximum Gasteiger partial charge on any atom is 0.237 e. The largest absolute Gasteiger partial charge is 0.394 e. The topological polar surface area (TPSA) is 61.4 Å². The van der Waals surface area contributed by atoms with E-state index in [9.17, 15) is 9.90 Å². The molecule has 1 atom stereocenters. The Morgan fingerprint density at radius 3 is 2.44 bits per heavy atom. The van der Waals surface area contributed by atoms with Crippen LogP contribution in [-0.4, -0.2) is 35.7 Å². The van der Waals surface area contributed by atoms with Crippen molar-refractivity contribution in [2.45, 2.75) is 45.2 Å².